The highest BCUT2D eigenvalue weighted by molar-refractivity contribution is 6.01. The largest absolute Gasteiger partial charge is 0.497 e. The first-order valence-corrected chi connectivity index (χ1v) is 6.59. The third-order valence-corrected chi connectivity index (χ3v) is 3.79. The van der Waals surface area contributed by atoms with Crippen molar-refractivity contribution in [1.82, 2.24) is 0 Å². The summed E-state index contributed by atoms with van der Waals surface area (Å²) in [7, 11) is 1.59. The van der Waals surface area contributed by atoms with Crippen LogP contribution in [0.2, 0.25) is 0 Å². The Hall–Kier alpha value is -2.16. The molecule has 2 aromatic carbocycles. The van der Waals surface area contributed by atoms with Gasteiger partial charge in [0, 0.05) is 11.5 Å². The Balaban J connectivity index is 1.78. The van der Waals surface area contributed by atoms with Crippen LogP contribution in [0.1, 0.15) is 21.8 Å². The van der Waals surface area contributed by atoms with Crippen molar-refractivity contribution in [3.63, 3.8) is 0 Å². The zero-order valence-electron chi connectivity index (χ0n) is 11.1. The van der Waals surface area contributed by atoms with Crippen LogP contribution in [-0.4, -0.2) is 19.1 Å². The average molecular weight is 270 g/mol. The predicted molar refractivity (Wildman–Crippen MR) is 74.9 cm³/mol. The van der Waals surface area contributed by atoms with E-state index in [0.29, 0.717) is 5.56 Å². The number of alkyl halides is 1. The molecule has 2 nitrogen and oxygen atoms in total. The number of rotatable bonds is 4. The van der Waals surface area contributed by atoms with Gasteiger partial charge in [0.25, 0.3) is 0 Å². The van der Waals surface area contributed by atoms with Crippen molar-refractivity contribution in [3.05, 3.63) is 65.7 Å². The summed E-state index contributed by atoms with van der Waals surface area (Å²) in [5.74, 6) is -0.255. The van der Waals surface area contributed by atoms with Crippen molar-refractivity contribution in [2.24, 2.45) is 5.92 Å². The Labute approximate surface area is 117 Å². The lowest BCUT2D eigenvalue weighted by molar-refractivity contribution is 0.0956. The molecule has 3 heteroatoms. The van der Waals surface area contributed by atoms with Crippen molar-refractivity contribution < 1.29 is 13.9 Å². The van der Waals surface area contributed by atoms with Gasteiger partial charge in [-0.3, -0.25) is 4.79 Å². The van der Waals surface area contributed by atoms with Gasteiger partial charge in [-0.2, -0.15) is 0 Å². The van der Waals surface area contributed by atoms with Gasteiger partial charge >= 0.3 is 0 Å². The molecule has 0 aliphatic heterocycles. The Bertz CT molecular complexity index is 607. The highest BCUT2D eigenvalue weighted by Gasteiger charge is 2.56. The van der Waals surface area contributed by atoms with E-state index in [1.807, 2.05) is 18.2 Å². The molecule has 3 unspecified atom stereocenters. The summed E-state index contributed by atoms with van der Waals surface area (Å²) in [6, 6.07) is 16.2. The SMILES string of the molecule is COc1ccc(C2C(F)C2C(=O)c2ccccc2)cc1. The maximum Gasteiger partial charge on any atom is 0.169 e. The van der Waals surface area contributed by atoms with Crippen LogP contribution in [0.5, 0.6) is 5.75 Å². The Morgan fingerprint density at radius 2 is 1.70 bits per heavy atom. The molecule has 3 rings (SSSR count). The first kappa shape index (κ1) is 12.9. The molecule has 0 radical (unpaired) electrons. The molecule has 0 saturated heterocycles. The van der Waals surface area contributed by atoms with Gasteiger partial charge < -0.3 is 4.74 Å². The smallest absolute Gasteiger partial charge is 0.169 e. The number of hydrogen-bond acceptors (Lipinski definition) is 2. The minimum Gasteiger partial charge on any atom is -0.497 e. The van der Waals surface area contributed by atoms with Crippen molar-refractivity contribution in [1.29, 1.82) is 0 Å². The van der Waals surface area contributed by atoms with Gasteiger partial charge in [-0.1, -0.05) is 42.5 Å². The molecule has 20 heavy (non-hydrogen) atoms. The van der Waals surface area contributed by atoms with Gasteiger partial charge in [-0.15, -0.1) is 0 Å². The number of ether oxygens (including phenoxy) is 1. The summed E-state index contributed by atoms with van der Waals surface area (Å²) in [4.78, 5) is 12.3. The fourth-order valence-electron chi connectivity index (χ4n) is 2.59. The first-order valence-electron chi connectivity index (χ1n) is 6.59. The zero-order chi connectivity index (χ0) is 14.1. The highest BCUT2D eigenvalue weighted by atomic mass is 19.1. The number of carbonyl (C=O) groups excluding carboxylic acids is 1. The summed E-state index contributed by atoms with van der Waals surface area (Å²) < 4.78 is 19.1. The number of carbonyl (C=O) groups is 1. The van der Waals surface area contributed by atoms with Crippen molar-refractivity contribution in [2.45, 2.75) is 12.1 Å². The van der Waals surface area contributed by atoms with Crippen LogP contribution in [-0.2, 0) is 0 Å². The van der Waals surface area contributed by atoms with Gasteiger partial charge in [0.2, 0.25) is 0 Å². The molecule has 0 spiro atoms. The normalized spacial score (nSPS) is 24.2. The minimum absolute atomic E-state index is 0.112. The highest BCUT2D eigenvalue weighted by Crippen LogP contribution is 2.52. The predicted octanol–water partition coefficient (Wildman–Crippen LogP) is 3.63. The number of benzene rings is 2. The van der Waals surface area contributed by atoms with E-state index in [9.17, 15) is 9.18 Å². The molecule has 1 aliphatic rings. The van der Waals surface area contributed by atoms with E-state index in [0.717, 1.165) is 11.3 Å². The van der Waals surface area contributed by atoms with Crippen LogP contribution in [0.4, 0.5) is 4.39 Å². The molecule has 102 valence electrons. The number of halogens is 1. The average Bonchev–Trinajstić information content (AvgIpc) is 3.18. The van der Waals surface area contributed by atoms with Gasteiger partial charge in [0.05, 0.1) is 13.0 Å². The van der Waals surface area contributed by atoms with E-state index in [2.05, 4.69) is 0 Å². The zero-order valence-corrected chi connectivity index (χ0v) is 11.1. The van der Waals surface area contributed by atoms with E-state index >= 15 is 0 Å². The molecule has 3 atom stereocenters. The van der Waals surface area contributed by atoms with Crippen LogP contribution in [0, 0.1) is 5.92 Å². The van der Waals surface area contributed by atoms with Crippen LogP contribution in [0.15, 0.2) is 54.6 Å². The Morgan fingerprint density at radius 3 is 2.30 bits per heavy atom. The van der Waals surface area contributed by atoms with E-state index in [1.54, 1.807) is 43.5 Å². The van der Waals surface area contributed by atoms with E-state index in [4.69, 9.17) is 4.74 Å². The molecule has 0 heterocycles. The Morgan fingerprint density at radius 1 is 1.05 bits per heavy atom. The third kappa shape index (κ3) is 2.20. The van der Waals surface area contributed by atoms with Crippen LogP contribution >= 0.6 is 0 Å². The summed E-state index contributed by atoms with van der Waals surface area (Å²) in [6.07, 6.45) is -1.09. The van der Waals surface area contributed by atoms with E-state index in [1.165, 1.54) is 0 Å². The summed E-state index contributed by atoms with van der Waals surface area (Å²) >= 11 is 0. The first-order chi connectivity index (χ1) is 9.72. The molecule has 1 aliphatic carbocycles. The topological polar surface area (TPSA) is 26.3 Å². The van der Waals surface area contributed by atoms with Crippen molar-refractivity contribution in [3.8, 4) is 5.75 Å². The molecular weight excluding hydrogens is 255 g/mol. The fourth-order valence-corrected chi connectivity index (χ4v) is 2.59. The molecule has 0 amide bonds. The monoisotopic (exact) mass is 270 g/mol. The lowest BCUT2D eigenvalue weighted by atomic mass is 10.0. The second kappa shape index (κ2) is 5.08. The quantitative estimate of drug-likeness (QED) is 0.793. The minimum atomic E-state index is -1.09. The van der Waals surface area contributed by atoms with Crippen LogP contribution < -0.4 is 4.74 Å². The fraction of sp³-hybridized carbons (Fsp3) is 0.235. The molecule has 0 aromatic heterocycles. The molecule has 0 N–H and O–H groups in total. The Kier molecular flexibility index (Phi) is 3.26. The summed E-state index contributed by atoms with van der Waals surface area (Å²) in [6.45, 7) is 0. The van der Waals surface area contributed by atoms with Gasteiger partial charge in [-0.05, 0) is 17.7 Å². The lowest BCUT2D eigenvalue weighted by Crippen LogP contribution is -2.04. The molecule has 1 fully saturated rings. The molecular formula is C17H15FO2. The number of Topliss-reactive ketones (excluding diaryl/α,β-unsaturated/α-hetero) is 1. The van der Waals surface area contributed by atoms with Crippen molar-refractivity contribution >= 4 is 5.78 Å². The second-order valence-corrected chi connectivity index (χ2v) is 5.00. The van der Waals surface area contributed by atoms with Crippen molar-refractivity contribution in [2.75, 3.05) is 7.11 Å². The molecule has 1 saturated carbocycles. The maximum absolute atomic E-state index is 14.0. The number of methoxy groups -OCH3 is 1. The molecule has 2 aromatic rings. The van der Waals surface area contributed by atoms with E-state index in [-0.39, 0.29) is 11.7 Å². The van der Waals surface area contributed by atoms with Gasteiger partial charge in [0.1, 0.15) is 11.9 Å². The third-order valence-electron chi connectivity index (χ3n) is 3.79. The van der Waals surface area contributed by atoms with Crippen LogP contribution in [0.25, 0.3) is 0 Å². The van der Waals surface area contributed by atoms with Gasteiger partial charge in [0.15, 0.2) is 5.78 Å². The summed E-state index contributed by atoms with van der Waals surface area (Å²) in [5.41, 5.74) is 1.43. The summed E-state index contributed by atoms with van der Waals surface area (Å²) in [5, 5.41) is 0. The lowest BCUT2D eigenvalue weighted by Gasteiger charge is -2.02. The molecule has 0 bridgehead atoms. The van der Waals surface area contributed by atoms with Crippen LogP contribution in [0.3, 0.4) is 0 Å². The number of ketones is 1. The maximum atomic E-state index is 14.0. The van der Waals surface area contributed by atoms with E-state index < -0.39 is 12.1 Å². The van der Waals surface area contributed by atoms with Gasteiger partial charge in [-0.25, -0.2) is 4.39 Å². The standard InChI is InChI=1S/C17H15FO2/c1-20-13-9-7-11(8-10-13)14-15(16(14)18)17(19)12-5-3-2-4-6-12/h2-10,14-16H,1H3. The number of hydrogen-bond donors (Lipinski definition) is 0. The second-order valence-electron chi connectivity index (χ2n) is 5.00.